The van der Waals surface area contributed by atoms with Crippen LogP contribution < -0.4 is 16.6 Å². The van der Waals surface area contributed by atoms with Crippen LogP contribution in [0.1, 0.15) is 24.0 Å². The highest BCUT2D eigenvalue weighted by Gasteiger charge is 2.25. The molecule has 4 rings (SSSR count). The molecule has 2 aliphatic rings. The lowest BCUT2D eigenvalue weighted by atomic mass is 10.0. The SMILES string of the molecule is NC(=C1C(=NCCN2CCCC2)NNC(c2ccccc2)=C1Cl)c1ccccc1. The van der Waals surface area contributed by atoms with Gasteiger partial charge in [0.15, 0.2) is 5.84 Å². The highest BCUT2D eigenvalue weighted by Crippen LogP contribution is 2.31. The predicted octanol–water partition coefficient (Wildman–Crippen LogP) is 3.57. The third-order valence-electron chi connectivity index (χ3n) is 5.28. The number of benzene rings is 2. The van der Waals surface area contributed by atoms with Gasteiger partial charge in [0.05, 0.1) is 28.5 Å². The molecular formula is C23H26ClN5. The van der Waals surface area contributed by atoms with Crippen molar-refractivity contribution in [3.63, 3.8) is 0 Å². The molecular weight excluding hydrogens is 382 g/mol. The Bertz CT molecular complexity index is 928. The molecule has 2 aliphatic heterocycles. The maximum atomic E-state index is 6.88. The second kappa shape index (κ2) is 9.16. The molecule has 2 aromatic rings. The van der Waals surface area contributed by atoms with Crippen LogP contribution in [0.15, 0.2) is 76.3 Å². The van der Waals surface area contributed by atoms with Crippen molar-refractivity contribution in [1.29, 1.82) is 0 Å². The van der Waals surface area contributed by atoms with E-state index >= 15 is 0 Å². The fourth-order valence-electron chi connectivity index (χ4n) is 3.71. The Morgan fingerprint density at radius 3 is 2.31 bits per heavy atom. The van der Waals surface area contributed by atoms with Crippen molar-refractivity contribution >= 4 is 28.8 Å². The Balaban J connectivity index is 1.71. The summed E-state index contributed by atoms with van der Waals surface area (Å²) < 4.78 is 0. The van der Waals surface area contributed by atoms with Crippen LogP contribution in [0.25, 0.3) is 11.4 Å². The molecule has 2 heterocycles. The molecule has 0 atom stereocenters. The zero-order chi connectivity index (χ0) is 20.1. The van der Waals surface area contributed by atoms with E-state index in [1.54, 1.807) is 0 Å². The second-order valence-corrected chi connectivity index (χ2v) is 7.62. The number of likely N-dealkylation sites (tertiary alicyclic amines) is 1. The summed E-state index contributed by atoms with van der Waals surface area (Å²) in [5.74, 6) is 0.676. The quantitative estimate of drug-likeness (QED) is 0.709. The van der Waals surface area contributed by atoms with E-state index in [4.69, 9.17) is 22.3 Å². The molecule has 150 valence electrons. The molecule has 0 aromatic heterocycles. The van der Waals surface area contributed by atoms with Crippen LogP contribution in [0.3, 0.4) is 0 Å². The first-order valence-electron chi connectivity index (χ1n) is 10.0. The topological polar surface area (TPSA) is 65.7 Å². The maximum Gasteiger partial charge on any atom is 0.150 e. The summed E-state index contributed by atoms with van der Waals surface area (Å²) in [5.41, 5.74) is 17.1. The third-order valence-corrected chi connectivity index (χ3v) is 5.66. The minimum absolute atomic E-state index is 0.566. The van der Waals surface area contributed by atoms with Crippen molar-refractivity contribution < 1.29 is 0 Å². The zero-order valence-corrected chi connectivity index (χ0v) is 17.1. The number of amidine groups is 1. The molecule has 29 heavy (non-hydrogen) atoms. The van der Waals surface area contributed by atoms with E-state index in [2.05, 4.69) is 15.8 Å². The largest absolute Gasteiger partial charge is 0.398 e. The lowest BCUT2D eigenvalue weighted by Crippen LogP contribution is -2.43. The molecule has 0 spiro atoms. The minimum Gasteiger partial charge on any atom is -0.398 e. The Kier molecular flexibility index (Phi) is 6.17. The monoisotopic (exact) mass is 407 g/mol. The lowest BCUT2D eigenvalue weighted by Gasteiger charge is -2.26. The van der Waals surface area contributed by atoms with E-state index in [1.165, 1.54) is 12.8 Å². The normalized spacial score (nSPS) is 20.5. The summed E-state index contributed by atoms with van der Waals surface area (Å²) in [6, 6.07) is 19.9. The molecule has 0 amide bonds. The number of hydrogen-bond donors (Lipinski definition) is 3. The van der Waals surface area contributed by atoms with E-state index < -0.39 is 0 Å². The minimum atomic E-state index is 0.566. The smallest absolute Gasteiger partial charge is 0.150 e. The predicted molar refractivity (Wildman–Crippen MR) is 121 cm³/mol. The summed E-state index contributed by atoms with van der Waals surface area (Å²) in [5, 5.41) is 0.566. The number of nitrogens with two attached hydrogens (primary N) is 1. The van der Waals surface area contributed by atoms with Gasteiger partial charge in [-0.15, -0.1) is 0 Å². The molecule has 0 aliphatic carbocycles. The highest BCUT2D eigenvalue weighted by molar-refractivity contribution is 6.40. The molecule has 0 unspecified atom stereocenters. The van der Waals surface area contributed by atoms with E-state index in [1.807, 2.05) is 60.7 Å². The number of halogens is 1. The van der Waals surface area contributed by atoms with Crippen molar-refractivity contribution in [2.75, 3.05) is 26.2 Å². The van der Waals surface area contributed by atoms with Gasteiger partial charge in [-0.3, -0.25) is 15.8 Å². The standard InChI is InChI=1S/C23H26ClN5/c24-20-19(21(25)17-9-3-1-4-10-17)23(26-13-16-29-14-7-8-15-29)28-27-22(20)18-11-5-2-6-12-18/h1-6,9-12,27H,7-8,13-16,25H2,(H,26,28). The molecule has 4 N–H and O–H groups in total. The first-order valence-corrected chi connectivity index (χ1v) is 10.4. The molecule has 2 aromatic carbocycles. The molecule has 6 heteroatoms. The zero-order valence-electron chi connectivity index (χ0n) is 16.4. The van der Waals surface area contributed by atoms with Crippen LogP contribution in [0.5, 0.6) is 0 Å². The summed E-state index contributed by atoms with van der Waals surface area (Å²) in [6.45, 7) is 3.95. The van der Waals surface area contributed by atoms with E-state index in [0.717, 1.165) is 42.0 Å². The van der Waals surface area contributed by atoms with Crippen LogP contribution >= 0.6 is 11.6 Å². The van der Waals surface area contributed by atoms with E-state index in [-0.39, 0.29) is 0 Å². The fourth-order valence-corrected chi connectivity index (χ4v) is 4.06. The first-order chi connectivity index (χ1) is 14.2. The van der Waals surface area contributed by atoms with Crippen molar-refractivity contribution in [2.24, 2.45) is 10.7 Å². The Morgan fingerprint density at radius 1 is 0.966 bits per heavy atom. The molecule has 5 nitrogen and oxygen atoms in total. The lowest BCUT2D eigenvalue weighted by molar-refractivity contribution is 0.349. The van der Waals surface area contributed by atoms with Gasteiger partial charge >= 0.3 is 0 Å². The Hall–Kier alpha value is -2.76. The Labute approximate surface area is 176 Å². The van der Waals surface area contributed by atoms with E-state index in [9.17, 15) is 0 Å². The van der Waals surface area contributed by atoms with Crippen molar-refractivity contribution in [3.05, 3.63) is 82.4 Å². The highest BCUT2D eigenvalue weighted by atomic mass is 35.5. The number of aliphatic imine (C=N–C) groups is 1. The van der Waals surface area contributed by atoms with Gasteiger partial charge in [-0.25, -0.2) is 0 Å². The molecule has 1 fully saturated rings. The maximum absolute atomic E-state index is 6.88. The van der Waals surface area contributed by atoms with Gasteiger partial charge in [-0.1, -0.05) is 72.3 Å². The van der Waals surface area contributed by atoms with Crippen LogP contribution in [0, 0.1) is 0 Å². The average molecular weight is 408 g/mol. The van der Waals surface area contributed by atoms with Gasteiger partial charge < -0.3 is 10.6 Å². The number of hydrogen-bond acceptors (Lipinski definition) is 4. The van der Waals surface area contributed by atoms with Gasteiger partial charge in [0.1, 0.15) is 0 Å². The van der Waals surface area contributed by atoms with Crippen LogP contribution in [0.4, 0.5) is 0 Å². The summed E-state index contributed by atoms with van der Waals surface area (Å²) in [7, 11) is 0. The molecule has 1 saturated heterocycles. The van der Waals surface area contributed by atoms with Gasteiger partial charge in [-0.2, -0.15) is 0 Å². The average Bonchev–Trinajstić information content (AvgIpc) is 3.28. The summed E-state index contributed by atoms with van der Waals surface area (Å²) >= 11 is 6.88. The number of nitrogens with one attached hydrogen (secondary N) is 2. The molecule has 0 bridgehead atoms. The number of rotatable bonds is 5. The number of nitrogens with zero attached hydrogens (tertiary/aromatic N) is 2. The van der Waals surface area contributed by atoms with Crippen molar-refractivity contribution in [2.45, 2.75) is 12.8 Å². The fraction of sp³-hybridized carbons (Fsp3) is 0.261. The van der Waals surface area contributed by atoms with Crippen LogP contribution in [-0.4, -0.2) is 36.9 Å². The number of hydrazine groups is 1. The molecule has 0 radical (unpaired) electrons. The van der Waals surface area contributed by atoms with Crippen molar-refractivity contribution in [1.82, 2.24) is 15.8 Å². The summed E-state index contributed by atoms with van der Waals surface area (Å²) in [6.07, 6.45) is 2.55. The van der Waals surface area contributed by atoms with Gasteiger partial charge in [0.25, 0.3) is 0 Å². The first kappa shape index (κ1) is 19.6. The van der Waals surface area contributed by atoms with E-state index in [0.29, 0.717) is 23.1 Å². The second-order valence-electron chi connectivity index (χ2n) is 7.24. The van der Waals surface area contributed by atoms with Crippen LogP contribution in [0.2, 0.25) is 0 Å². The third kappa shape index (κ3) is 4.47. The van der Waals surface area contributed by atoms with Crippen LogP contribution in [-0.2, 0) is 0 Å². The van der Waals surface area contributed by atoms with Crippen molar-refractivity contribution in [3.8, 4) is 0 Å². The Morgan fingerprint density at radius 2 is 1.62 bits per heavy atom. The summed E-state index contributed by atoms with van der Waals surface area (Å²) in [4.78, 5) is 7.24. The van der Waals surface area contributed by atoms with Gasteiger partial charge in [-0.05, 0) is 31.5 Å². The molecule has 0 saturated carbocycles. The van der Waals surface area contributed by atoms with Gasteiger partial charge in [0, 0.05) is 12.1 Å². The van der Waals surface area contributed by atoms with Gasteiger partial charge in [0.2, 0.25) is 0 Å².